The molecular weight excluding hydrogens is 274 g/mol. The van der Waals surface area contributed by atoms with Crippen LogP contribution in [0.4, 0.5) is 5.69 Å². The van der Waals surface area contributed by atoms with E-state index in [0.717, 1.165) is 24.9 Å². The zero-order chi connectivity index (χ0) is 15.6. The summed E-state index contributed by atoms with van der Waals surface area (Å²) in [6.45, 7) is 3.58. The maximum absolute atomic E-state index is 12.1. The molecule has 4 heteroatoms. The lowest BCUT2D eigenvalue weighted by molar-refractivity contribution is 0.0952. The Morgan fingerprint density at radius 2 is 1.95 bits per heavy atom. The minimum absolute atomic E-state index is 0.0630. The van der Waals surface area contributed by atoms with Gasteiger partial charge in [-0.05, 0) is 18.1 Å². The largest absolute Gasteiger partial charge is 0.380 e. The Morgan fingerprint density at radius 1 is 1.14 bits per heavy atom. The first-order valence-corrected chi connectivity index (χ1v) is 7.80. The average molecular weight is 297 g/mol. The molecule has 0 aliphatic heterocycles. The molecule has 0 bridgehead atoms. The Balaban J connectivity index is 1.87. The van der Waals surface area contributed by atoms with Crippen molar-refractivity contribution in [3.63, 3.8) is 0 Å². The number of aromatic nitrogens is 1. The fraction of sp³-hybridized carbons (Fsp3) is 0.333. The molecule has 1 amide bonds. The molecule has 0 fully saturated rings. The number of hydrogen-bond donors (Lipinski definition) is 2. The maximum Gasteiger partial charge on any atom is 0.252 e. The lowest BCUT2D eigenvalue weighted by atomic mass is 10.2. The van der Waals surface area contributed by atoms with Crippen LogP contribution in [0.2, 0.25) is 0 Å². The van der Waals surface area contributed by atoms with E-state index < -0.39 is 0 Å². The Bertz CT molecular complexity index is 584. The van der Waals surface area contributed by atoms with Gasteiger partial charge in [0.25, 0.3) is 5.91 Å². The molecule has 0 saturated heterocycles. The van der Waals surface area contributed by atoms with Crippen molar-refractivity contribution in [3.05, 3.63) is 59.9 Å². The second-order valence-electron chi connectivity index (χ2n) is 5.26. The van der Waals surface area contributed by atoms with Gasteiger partial charge in [0.2, 0.25) is 0 Å². The third-order valence-electron chi connectivity index (χ3n) is 3.41. The molecule has 116 valence electrons. The summed E-state index contributed by atoms with van der Waals surface area (Å²) >= 11 is 0. The molecule has 2 aromatic rings. The number of amides is 1. The number of unbranched alkanes of at least 4 members (excludes halogenated alkanes) is 2. The van der Waals surface area contributed by atoms with E-state index in [4.69, 9.17) is 0 Å². The number of pyridine rings is 1. The summed E-state index contributed by atoms with van der Waals surface area (Å²) in [4.78, 5) is 16.2. The maximum atomic E-state index is 12.1. The van der Waals surface area contributed by atoms with Crippen LogP contribution in [0.25, 0.3) is 0 Å². The van der Waals surface area contributed by atoms with Crippen LogP contribution in [0.5, 0.6) is 0 Å². The number of nitrogens with zero attached hydrogens (tertiary/aromatic N) is 1. The third-order valence-corrected chi connectivity index (χ3v) is 3.41. The van der Waals surface area contributed by atoms with Gasteiger partial charge in [0.1, 0.15) is 0 Å². The molecule has 22 heavy (non-hydrogen) atoms. The zero-order valence-corrected chi connectivity index (χ0v) is 13.0. The van der Waals surface area contributed by atoms with Gasteiger partial charge in [0, 0.05) is 25.5 Å². The van der Waals surface area contributed by atoms with E-state index in [2.05, 4.69) is 34.7 Å². The lowest BCUT2D eigenvalue weighted by Crippen LogP contribution is -2.24. The van der Waals surface area contributed by atoms with Crippen molar-refractivity contribution in [1.29, 1.82) is 0 Å². The second-order valence-corrected chi connectivity index (χ2v) is 5.26. The number of nitrogens with one attached hydrogen (secondary N) is 2. The van der Waals surface area contributed by atoms with Crippen molar-refractivity contribution in [2.45, 2.75) is 32.7 Å². The van der Waals surface area contributed by atoms with E-state index in [9.17, 15) is 4.79 Å². The number of rotatable bonds is 8. The Hall–Kier alpha value is -2.36. The quantitative estimate of drug-likeness (QED) is 0.732. The van der Waals surface area contributed by atoms with Gasteiger partial charge in [0.05, 0.1) is 11.3 Å². The number of carbonyl (C=O) groups excluding carboxylic acids is 1. The van der Waals surface area contributed by atoms with Crippen LogP contribution in [0.15, 0.2) is 48.8 Å². The summed E-state index contributed by atoms with van der Waals surface area (Å²) < 4.78 is 0. The molecule has 0 atom stereocenters. The highest BCUT2D eigenvalue weighted by atomic mass is 16.1. The van der Waals surface area contributed by atoms with Gasteiger partial charge in [-0.15, -0.1) is 0 Å². The molecule has 2 rings (SSSR count). The molecule has 0 saturated carbocycles. The summed E-state index contributed by atoms with van der Waals surface area (Å²) in [5.41, 5.74) is 2.64. The number of carbonyl (C=O) groups is 1. The van der Waals surface area contributed by atoms with Crippen molar-refractivity contribution in [2.24, 2.45) is 0 Å². The highest BCUT2D eigenvalue weighted by Crippen LogP contribution is 2.10. The summed E-state index contributed by atoms with van der Waals surface area (Å²) in [7, 11) is 0. The van der Waals surface area contributed by atoms with Gasteiger partial charge < -0.3 is 10.6 Å². The van der Waals surface area contributed by atoms with Crippen LogP contribution in [0.3, 0.4) is 0 Å². The first kappa shape index (κ1) is 16.0. The first-order chi connectivity index (χ1) is 10.8. The van der Waals surface area contributed by atoms with Gasteiger partial charge in [0.15, 0.2) is 0 Å². The fourth-order valence-corrected chi connectivity index (χ4v) is 2.14. The molecule has 0 spiro atoms. The molecule has 1 heterocycles. The van der Waals surface area contributed by atoms with Crippen molar-refractivity contribution in [1.82, 2.24) is 10.3 Å². The normalized spacial score (nSPS) is 10.2. The molecule has 0 aliphatic rings. The van der Waals surface area contributed by atoms with E-state index in [1.807, 2.05) is 24.3 Å². The summed E-state index contributed by atoms with van der Waals surface area (Å²) in [6, 6.07) is 12.0. The van der Waals surface area contributed by atoms with Crippen LogP contribution < -0.4 is 10.6 Å². The smallest absolute Gasteiger partial charge is 0.252 e. The van der Waals surface area contributed by atoms with Gasteiger partial charge in [-0.1, -0.05) is 50.1 Å². The van der Waals surface area contributed by atoms with E-state index in [1.165, 1.54) is 5.56 Å². The van der Waals surface area contributed by atoms with Crippen LogP contribution in [-0.4, -0.2) is 17.4 Å². The Labute approximate surface area is 132 Å². The average Bonchev–Trinajstić information content (AvgIpc) is 2.58. The van der Waals surface area contributed by atoms with Crippen LogP contribution >= 0.6 is 0 Å². The fourth-order valence-electron chi connectivity index (χ4n) is 2.14. The molecule has 4 nitrogen and oxygen atoms in total. The van der Waals surface area contributed by atoms with Crippen molar-refractivity contribution in [2.75, 3.05) is 11.9 Å². The highest BCUT2D eigenvalue weighted by molar-refractivity contribution is 5.94. The second kappa shape index (κ2) is 8.82. The molecule has 0 radical (unpaired) electrons. The van der Waals surface area contributed by atoms with Gasteiger partial charge in [-0.25, -0.2) is 0 Å². The number of anilines is 1. The molecule has 2 N–H and O–H groups in total. The molecule has 1 aromatic carbocycles. The van der Waals surface area contributed by atoms with E-state index in [0.29, 0.717) is 18.7 Å². The summed E-state index contributed by atoms with van der Waals surface area (Å²) in [6.07, 6.45) is 6.63. The Morgan fingerprint density at radius 3 is 2.73 bits per heavy atom. The van der Waals surface area contributed by atoms with Crippen LogP contribution in [-0.2, 0) is 6.54 Å². The first-order valence-electron chi connectivity index (χ1n) is 7.80. The topological polar surface area (TPSA) is 54.0 Å². The van der Waals surface area contributed by atoms with E-state index in [-0.39, 0.29) is 5.91 Å². The standard InChI is InChI=1S/C18H23N3O/c1-2-3-7-10-20-18(22)16-11-17(14-19-13-16)21-12-15-8-5-4-6-9-15/h4-6,8-9,11,13-14,21H,2-3,7,10,12H2,1H3,(H,20,22). The SMILES string of the molecule is CCCCCNC(=O)c1cncc(NCc2ccccc2)c1. The van der Waals surface area contributed by atoms with Crippen LogP contribution in [0, 0.1) is 0 Å². The highest BCUT2D eigenvalue weighted by Gasteiger charge is 2.06. The molecule has 0 aliphatic carbocycles. The van der Waals surface area contributed by atoms with Gasteiger partial charge in [-0.3, -0.25) is 9.78 Å². The number of benzene rings is 1. The van der Waals surface area contributed by atoms with E-state index in [1.54, 1.807) is 12.4 Å². The summed E-state index contributed by atoms with van der Waals surface area (Å²) in [5, 5.41) is 6.22. The van der Waals surface area contributed by atoms with Crippen molar-refractivity contribution < 1.29 is 4.79 Å². The Kier molecular flexibility index (Phi) is 6.42. The molecule has 0 unspecified atom stereocenters. The lowest BCUT2D eigenvalue weighted by Gasteiger charge is -2.08. The van der Waals surface area contributed by atoms with Gasteiger partial charge >= 0.3 is 0 Å². The predicted molar refractivity (Wildman–Crippen MR) is 89.9 cm³/mol. The number of hydrogen-bond acceptors (Lipinski definition) is 3. The van der Waals surface area contributed by atoms with Crippen molar-refractivity contribution >= 4 is 11.6 Å². The monoisotopic (exact) mass is 297 g/mol. The van der Waals surface area contributed by atoms with Gasteiger partial charge in [-0.2, -0.15) is 0 Å². The molecule has 1 aromatic heterocycles. The zero-order valence-electron chi connectivity index (χ0n) is 13.0. The minimum Gasteiger partial charge on any atom is -0.380 e. The molecular formula is C18H23N3O. The minimum atomic E-state index is -0.0630. The third kappa shape index (κ3) is 5.20. The van der Waals surface area contributed by atoms with Crippen LogP contribution in [0.1, 0.15) is 42.1 Å². The van der Waals surface area contributed by atoms with E-state index >= 15 is 0 Å². The van der Waals surface area contributed by atoms with Crippen molar-refractivity contribution in [3.8, 4) is 0 Å². The predicted octanol–water partition coefficient (Wildman–Crippen LogP) is 3.61. The summed E-state index contributed by atoms with van der Waals surface area (Å²) in [5.74, 6) is -0.0630.